The number of nitrogens with one attached hydrogen (secondary N) is 1. The molecule has 4 rings (SSSR count). The van der Waals surface area contributed by atoms with Crippen LogP contribution in [0.15, 0.2) is 30.6 Å². The lowest BCUT2D eigenvalue weighted by Gasteiger charge is -2.40. The van der Waals surface area contributed by atoms with Crippen LogP contribution in [0.4, 0.5) is 28.5 Å². The molecule has 0 amide bonds. The molecular weight excluding hydrogens is 542 g/mol. The molecule has 1 N–H and O–H groups in total. The third kappa shape index (κ3) is 7.46. The van der Waals surface area contributed by atoms with Gasteiger partial charge >= 0.3 is 6.18 Å². The minimum absolute atomic E-state index is 0.108. The van der Waals surface area contributed by atoms with Gasteiger partial charge in [-0.25, -0.2) is 14.4 Å². The van der Waals surface area contributed by atoms with Gasteiger partial charge in [-0.15, -0.1) is 11.3 Å². The van der Waals surface area contributed by atoms with Crippen molar-refractivity contribution in [3.8, 4) is 11.3 Å². The summed E-state index contributed by atoms with van der Waals surface area (Å²) in [4.78, 5) is 21.4. The summed E-state index contributed by atoms with van der Waals surface area (Å²) in [5.74, 6) is -0.103. The fraction of sp³-hybridized carbons (Fsp3) is 0.536. The lowest BCUT2D eigenvalue weighted by molar-refractivity contribution is -0.137. The molecule has 1 aromatic carbocycles. The van der Waals surface area contributed by atoms with E-state index in [1.54, 1.807) is 12.4 Å². The minimum atomic E-state index is -4.65. The maximum absolute atomic E-state index is 14.2. The van der Waals surface area contributed by atoms with Crippen molar-refractivity contribution in [1.29, 1.82) is 0 Å². The maximum atomic E-state index is 14.2. The SMILES string of the molecule is CCCN1CCN(c2cnc(CNc3nc(-c4cc(F)cc(C(F)(F)F)c4)c(CN(CC)CC)s3)cn2)C[C@H]1C. The second-order valence-electron chi connectivity index (χ2n) is 10.0. The molecule has 12 heteroatoms. The van der Waals surface area contributed by atoms with Gasteiger partial charge in [-0.3, -0.25) is 14.8 Å². The van der Waals surface area contributed by atoms with E-state index < -0.39 is 17.6 Å². The van der Waals surface area contributed by atoms with Crippen LogP contribution in [0.1, 0.15) is 50.3 Å². The zero-order valence-electron chi connectivity index (χ0n) is 23.4. The van der Waals surface area contributed by atoms with Crippen molar-refractivity contribution in [2.24, 2.45) is 0 Å². The van der Waals surface area contributed by atoms with Crippen molar-refractivity contribution < 1.29 is 17.6 Å². The van der Waals surface area contributed by atoms with E-state index >= 15 is 0 Å². The van der Waals surface area contributed by atoms with Gasteiger partial charge in [0.15, 0.2) is 5.13 Å². The van der Waals surface area contributed by atoms with Gasteiger partial charge in [-0.2, -0.15) is 13.2 Å². The molecule has 0 bridgehead atoms. The molecule has 3 heterocycles. The highest BCUT2D eigenvalue weighted by Gasteiger charge is 2.32. The summed E-state index contributed by atoms with van der Waals surface area (Å²) in [6, 6.07) is 3.02. The van der Waals surface area contributed by atoms with E-state index in [1.165, 1.54) is 11.3 Å². The Morgan fingerprint density at radius 2 is 1.85 bits per heavy atom. The van der Waals surface area contributed by atoms with Gasteiger partial charge in [0.2, 0.25) is 0 Å². The number of halogens is 4. The molecule has 3 aromatic rings. The molecule has 1 aliphatic heterocycles. The molecule has 1 fully saturated rings. The number of thiazole rings is 1. The highest BCUT2D eigenvalue weighted by Crippen LogP contribution is 2.37. The van der Waals surface area contributed by atoms with Gasteiger partial charge in [-0.05, 0) is 51.2 Å². The molecule has 7 nitrogen and oxygen atoms in total. The number of alkyl halides is 3. The van der Waals surface area contributed by atoms with Crippen molar-refractivity contribution in [2.45, 2.75) is 59.4 Å². The summed E-state index contributed by atoms with van der Waals surface area (Å²) in [5.41, 5.74) is 0.141. The van der Waals surface area contributed by atoms with E-state index in [9.17, 15) is 17.6 Å². The first-order chi connectivity index (χ1) is 19.1. The van der Waals surface area contributed by atoms with Crippen molar-refractivity contribution in [3.63, 3.8) is 0 Å². The smallest absolute Gasteiger partial charge is 0.356 e. The Hall–Kier alpha value is -2.83. The van der Waals surface area contributed by atoms with Gasteiger partial charge < -0.3 is 10.2 Å². The minimum Gasteiger partial charge on any atom is -0.356 e. The van der Waals surface area contributed by atoms with Gasteiger partial charge in [0.1, 0.15) is 11.6 Å². The fourth-order valence-corrected chi connectivity index (χ4v) is 5.91. The van der Waals surface area contributed by atoms with Crippen LogP contribution in [0, 0.1) is 5.82 Å². The molecule has 0 spiro atoms. The standard InChI is InChI=1S/C28H37F4N7S/c1-5-8-38-9-10-39(17-19(38)4)25-16-33-23(14-34-25)15-35-27-36-26(24(40-27)18-37(6-2)7-3)20-11-21(28(30,31)32)13-22(29)12-20/h11-14,16,19H,5-10,15,17-18H2,1-4H3,(H,35,36)/t19-/m1/s1. The van der Waals surface area contributed by atoms with E-state index in [0.717, 1.165) is 68.5 Å². The van der Waals surface area contributed by atoms with Crippen molar-refractivity contribution in [3.05, 3.63) is 52.5 Å². The Bertz CT molecular complexity index is 1240. The Morgan fingerprint density at radius 3 is 2.48 bits per heavy atom. The summed E-state index contributed by atoms with van der Waals surface area (Å²) >= 11 is 1.35. The van der Waals surface area contributed by atoms with Gasteiger partial charge in [0, 0.05) is 42.7 Å². The first-order valence-electron chi connectivity index (χ1n) is 13.7. The first-order valence-corrected chi connectivity index (χ1v) is 14.6. The van der Waals surface area contributed by atoms with Crippen LogP contribution in [0.25, 0.3) is 11.3 Å². The molecule has 0 saturated carbocycles. The van der Waals surface area contributed by atoms with Gasteiger partial charge in [0.05, 0.1) is 35.9 Å². The van der Waals surface area contributed by atoms with Crippen molar-refractivity contribution in [2.75, 3.05) is 49.5 Å². The van der Waals surface area contributed by atoms with Crippen molar-refractivity contribution in [1.82, 2.24) is 24.8 Å². The molecule has 0 aliphatic carbocycles. The number of hydrogen-bond donors (Lipinski definition) is 1. The second kappa shape index (κ2) is 13.2. The number of piperazine rings is 1. The average Bonchev–Trinajstić information content (AvgIpc) is 3.34. The lowest BCUT2D eigenvalue weighted by Crippen LogP contribution is -2.52. The summed E-state index contributed by atoms with van der Waals surface area (Å²) in [7, 11) is 0. The number of benzene rings is 1. The second-order valence-corrected chi connectivity index (χ2v) is 11.1. The molecule has 1 aliphatic rings. The van der Waals surface area contributed by atoms with E-state index in [2.05, 4.69) is 48.8 Å². The van der Waals surface area contributed by atoms with Crippen LogP contribution in [0.5, 0.6) is 0 Å². The fourth-order valence-electron chi connectivity index (χ4n) is 4.89. The predicted octanol–water partition coefficient (Wildman–Crippen LogP) is 6.13. The molecule has 1 atom stereocenters. The Labute approximate surface area is 237 Å². The number of rotatable bonds is 11. The summed E-state index contributed by atoms with van der Waals surface area (Å²) in [5, 5.41) is 3.77. The molecular formula is C28H37F4N7S. The highest BCUT2D eigenvalue weighted by atomic mass is 32.1. The van der Waals surface area contributed by atoms with Crippen LogP contribution in [-0.2, 0) is 19.3 Å². The Morgan fingerprint density at radius 1 is 1.07 bits per heavy atom. The quantitative estimate of drug-likeness (QED) is 0.274. The third-order valence-electron chi connectivity index (χ3n) is 7.17. The van der Waals surface area contributed by atoms with Gasteiger partial charge in [-0.1, -0.05) is 20.8 Å². The molecule has 2 aromatic heterocycles. The van der Waals surface area contributed by atoms with E-state index in [0.29, 0.717) is 41.7 Å². The van der Waals surface area contributed by atoms with Crippen LogP contribution < -0.4 is 10.2 Å². The summed E-state index contributed by atoms with van der Waals surface area (Å²) in [6.07, 6.45) is 0.00179. The summed E-state index contributed by atoms with van der Waals surface area (Å²) < 4.78 is 54.4. The number of aromatic nitrogens is 3. The lowest BCUT2D eigenvalue weighted by atomic mass is 10.1. The number of hydrogen-bond acceptors (Lipinski definition) is 8. The monoisotopic (exact) mass is 579 g/mol. The maximum Gasteiger partial charge on any atom is 0.416 e. The molecule has 40 heavy (non-hydrogen) atoms. The third-order valence-corrected chi connectivity index (χ3v) is 8.17. The zero-order valence-corrected chi connectivity index (χ0v) is 24.2. The van der Waals surface area contributed by atoms with E-state index in [1.807, 2.05) is 13.8 Å². The van der Waals surface area contributed by atoms with Crippen LogP contribution in [0.2, 0.25) is 0 Å². The van der Waals surface area contributed by atoms with E-state index in [4.69, 9.17) is 0 Å². The molecule has 0 unspecified atom stereocenters. The Kier molecular flexibility index (Phi) is 9.96. The van der Waals surface area contributed by atoms with Crippen molar-refractivity contribution >= 4 is 22.3 Å². The normalized spacial score (nSPS) is 16.6. The van der Waals surface area contributed by atoms with Crippen LogP contribution >= 0.6 is 11.3 Å². The van der Waals surface area contributed by atoms with Crippen LogP contribution in [-0.4, -0.2) is 70.1 Å². The van der Waals surface area contributed by atoms with Crippen LogP contribution in [0.3, 0.4) is 0 Å². The topological polar surface area (TPSA) is 60.4 Å². The predicted molar refractivity (Wildman–Crippen MR) is 152 cm³/mol. The average molecular weight is 580 g/mol. The molecule has 1 saturated heterocycles. The number of nitrogens with zero attached hydrogens (tertiary/aromatic N) is 6. The number of anilines is 2. The summed E-state index contributed by atoms with van der Waals surface area (Å²) in [6.45, 7) is 14.7. The largest absolute Gasteiger partial charge is 0.416 e. The zero-order chi connectivity index (χ0) is 28.9. The molecule has 218 valence electrons. The molecule has 0 radical (unpaired) electrons. The van der Waals surface area contributed by atoms with Gasteiger partial charge in [0.25, 0.3) is 0 Å². The Balaban J connectivity index is 1.49. The highest BCUT2D eigenvalue weighted by molar-refractivity contribution is 7.16. The van der Waals surface area contributed by atoms with E-state index in [-0.39, 0.29) is 5.56 Å². The first kappa shape index (κ1) is 30.1.